The zero-order valence-electron chi connectivity index (χ0n) is 19.0. The van der Waals surface area contributed by atoms with Gasteiger partial charge in [-0.1, -0.05) is 18.2 Å². The lowest BCUT2D eigenvalue weighted by Gasteiger charge is -2.36. The molecule has 0 aromatic heterocycles. The summed E-state index contributed by atoms with van der Waals surface area (Å²) in [5.74, 6) is 0.115. The fraction of sp³-hybridized carbons (Fsp3) is 0.500. The molecule has 2 aromatic carbocycles. The van der Waals surface area contributed by atoms with Gasteiger partial charge in [0.2, 0.25) is 0 Å². The normalized spacial score (nSPS) is 22.9. The van der Waals surface area contributed by atoms with Crippen molar-refractivity contribution in [2.45, 2.75) is 53.6 Å². The van der Waals surface area contributed by atoms with Crippen LogP contribution in [0.2, 0.25) is 0 Å². The van der Waals surface area contributed by atoms with Crippen molar-refractivity contribution in [2.75, 3.05) is 31.6 Å². The minimum Gasteiger partial charge on any atom is -0.491 e. The fourth-order valence-corrected chi connectivity index (χ4v) is 7.59. The largest absolute Gasteiger partial charge is 0.491 e. The van der Waals surface area contributed by atoms with Crippen LogP contribution in [0.15, 0.2) is 52.3 Å². The number of benzene rings is 2. The number of nitrogens with zero attached hydrogens (tertiary/aromatic N) is 2. The molecule has 1 heterocycles. The van der Waals surface area contributed by atoms with Gasteiger partial charge in [0, 0.05) is 24.0 Å². The highest BCUT2D eigenvalue weighted by Gasteiger charge is 2.53. The van der Waals surface area contributed by atoms with Gasteiger partial charge in [0.05, 0.1) is 15.5 Å². The highest BCUT2D eigenvalue weighted by Crippen LogP contribution is 2.65. The van der Waals surface area contributed by atoms with E-state index in [1.54, 1.807) is 11.9 Å². The number of ether oxygens (including phenoxy) is 1. The van der Waals surface area contributed by atoms with E-state index in [9.17, 15) is 9.90 Å². The SMILES string of the molecule is CN1CCN(c2ccccc2)c2cc(SC3CC4(CC4)C3)c(OCC3(C(=O)O)CC3)cc2S1. The van der Waals surface area contributed by atoms with E-state index < -0.39 is 11.4 Å². The van der Waals surface area contributed by atoms with Crippen molar-refractivity contribution in [1.29, 1.82) is 0 Å². The summed E-state index contributed by atoms with van der Waals surface area (Å²) in [6.45, 7) is 2.12. The number of para-hydroxylation sites is 1. The predicted octanol–water partition coefficient (Wildman–Crippen LogP) is 6.06. The molecule has 6 rings (SSSR count). The van der Waals surface area contributed by atoms with Gasteiger partial charge >= 0.3 is 5.97 Å². The summed E-state index contributed by atoms with van der Waals surface area (Å²) in [5.41, 5.74) is 2.37. The number of hydrogen-bond acceptors (Lipinski definition) is 6. The Morgan fingerprint density at radius 2 is 1.91 bits per heavy atom. The van der Waals surface area contributed by atoms with Crippen molar-refractivity contribution in [2.24, 2.45) is 10.8 Å². The van der Waals surface area contributed by atoms with E-state index in [2.05, 4.69) is 58.7 Å². The number of carboxylic acid groups (broad SMARTS) is 1. The van der Waals surface area contributed by atoms with Crippen LogP contribution in [0.25, 0.3) is 0 Å². The Bertz CT molecular complexity index is 1060. The Kier molecular flexibility index (Phi) is 5.35. The first-order valence-corrected chi connectivity index (χ1v) is 13.5. The number of likely N-dealkylation sites (N-methyl/N-ethyl adjacent to an activating group) is 1. The van der Waals surface area contributed by atoms with Crippen molar-refractivity contribution in [1.82, 2.24) is 4.31 Å². The number of rotatable bonds is 7. The van der Waals surface area contributed by atoms with Crippen molar-refractivity contribution >= 4 is 41.1 Å². The van der Waals surface area contributed by atoms with Crippen molar-refractivity contribution in [3.63, 3.8) is 0 Å². The van der Waals surface area contributed by atoms with Gasteiger partial charge in [0.25, 0.3) is 0 Å². The molecule has 0 unspecified atom stereocenters. The van der Waals surface area contributed by atoms with Crippen LogP contribution in [0.5, 0.6) is 5.75 Å². The highest BCUT2D eigenvalue weighted by atomic mass is 32.2. The zero-order valence-corrected chi connectivity index (χ0v) is 20.6. The second-order valence-electron chi connectivity index (χ2n) is 10.2. The van der Waals surface area contributed by atoms with Crippen LogP contribution in [0.3, 0.4) is 0 Å². The summed E-state index contributed by atoms with van der Waals surface area (Å²) < 4.78 is 8.56. The van der Waals surface area contributed by atoms with E-state index in [1.807, 2.05) is 11.8 Å². The number of fused-ring (bicyclic) bond motifs is 1. The quantitative estimate of drug-likeness (QED) is 0.482. The predicted molar refractivity (Wildman–Crippen MR) is 134 cm³/mol. The minimum atomic E-state index is -0.731. The molecule has 5 nitrogen and oxygen atoms in total. The number of hydrogen-bond donors (Lipinski definition) is 1. The molecule has 3 fully saturated rings. The van der Waals surface area contributed by atoms with Crippen molar-refractivity contribution in [3.8, 4) is 5.75 Å². The van der Waals surface area contributed by atoms with Gasteiger partial charge < -0.3 is 14.7 Å². The van der Waals surface area contributed by atoms with E-state index in [0.29, 0.717) is 23.5 Å². The fourth-order valence-electron chi connectivity index (χ4n) is 5.01. The Morgan fingerprint density at radius 1 is 1.15 bits per heavy atom. The Balaban J connectivity index is 1.35. The van der Waals surface area contributed by atoms with Crippen LogP contribution in [0.1, 0.15) is 38.5 Å². The summed E-state index contributed by atoms with van der Waals surface area (Å²) in [6, 6.07) is 15.0. The standard InChI is InChI=1S/C26H30N2O3S2/c1-27-11-12-28(18-5-3-2-4-6-18)20-13-23(32-19-15-25(16-19)7-8-25)21(14-22(20)33-27)31-17-26(9-10-26)24(29)30/h2-6,13-14,19H,7-12,15-17H2,1H3,(H,29,30). The summed E-state index contributed by atoms with van der Waals surface area (Å²) in [7, 11) is 2.12. The Morgan fingerprint density at radius 3 is 2.58 bits per heavy atom. The molecule has 33 heavy (non-hydrogen) atoms. The molecule has 3 aliphatic carbocycles. The number of carbonyl (C=O) groups is 1. The number of aliphatic carboxylic acids is 1. The van der Waals surface area contributed by atoms with Gasteiger partial charge in [-0.05, 0) is 87.2 Å². The number of carboxylic acids is 1. The van der Waals surface area contributed by atoms with Gasteiger partial charge in [-0.15, -0.1) is 11.8 Å². The molecule has 3 saturated carbocycles. The van der Waals surface area contributed by atoms with Gasteiger partial charge in [-0.2, -0.15) is 0 Å². The van der Waals surface area contributed by atoms with Crippen molar-refractivity contribution < 1.29 is 14.6 Å². The molecular weight excluding hydrogens is 452 g/mol. The monoisotopic (exact) mass is 482 g/mol. The number of anilines is 2. The summed E-state index contributed by atoms with van der Waals surface area (Å²) in [4.78, 5) is 16.4. The average Bonchev–Trinajstić information content (AvgIpc) is 3.68. The Labute approximate surface area is 204 Å². The highest BCUT2D eigenvalue weighted by molar-refractivity contribution is 8.00. The first-order valence-electron chi connectivity index (χ1n) is 11.9. The molecule has 1 spiro atoms. The maximum atomic E-state index is 11.7. The second kappa shape index (κ2) is 8.14. The third-order valence-electron chi connectivity index (χ3n) is 7.66. The lowest BCUT2D eigenvalue weighted by atomic mass is 9.81. The molecule has 4 aliphatic rings. The molecule has 174 valence electrons. The minimum absolute atomic E-state index is 0.256. The van der Waals surface area contributed by atoms with E-state index in [0.717, 1.165) is 28.6 Å². The van der Waals surface area contributed by atoms with E-state index in [1.165, 1.54) is 37.1 Å². The van der Waals surface area contributed by atoms with Crippen LogP contribution in [0.4, 0.5) is 11.4 Å². The topological polar surface area (TPSA) is 53.0 Å². The molecule has 0 radical (unpaired) electrons. The lowest BCUT2D eigenvalue weighted by Crippen LogP contribution is -2.27. The molecular formula is C26H30N2O3S2. The maximum Gasteiger partial charge on any atom is 0.313 e. The summed E-state index contributed by atoms with van der Waals surface area (Å²) >= 11 is 3.68. The van der Waals surface area contributed by atoms with E-state index >= 15 is 0 Å². The molecule has 0 bridgehead atoms. The molecule has 0 atom stereocenters. The van der Waals surface area contributed by atoms with Crippen LogP contribution in [-0.2, 0) is 4.79 Å². The molecule has 7 heteroatoms. The molecule has 0 amide bonds. The third kappa shape index (κ3) is 4.24. The van der Waals surface area contributed by atoms with Gasteiger partial charge in [0.15, 0.2) is 0 Å². The summed E-state index contributed by atoms with van der Waals surface area (Å²) in [5, 5.41) is 10.3. The van der Waals surface area contributed by atoms with Gasteiger partial charge in [-0.3, -0.25) is 4.79 Å². The van der Waals surface area contributed by atoms with Crippen LogP contribution in [0, 0.1) is 10.8 Å². The van der Waals surface area contributed by atoms with Crippen LogP contribution >= 0.6 is 23.7 Å². The van der Waals surface area contributed by atoms with Crippen LogP contribution < -0.4 is 9.64 Å². The van der Waals surface area contributed by atoms with Crippen LogP contribution in [-0.4, -0.2) is 47.4 Å². The molecule has 0 saturated heterocycles. The maximum absolute atomic E-state index is 11.7. The first-order chi connectivity index (χ1) is 16.0. The first kappa shape index (κ1) is 21.7. The smallest absolute Gasteiger partial charge is 0.313 e. The zero-order chi connectivity index (χ0) is 22.6. The van der Waals surface area contributed by atoms with Gasteiger partial charge in [0.1, 0.15) is 17.8 Å². The molecule has 1 aliphatic heterocycles. The Hall–Kier alpha value is -1.83. The van der Waals surface area contributed by atoms with Gasteiger partial charge in [-0.25, -0.2) is 4.31 Å². The molecule has 1 N–H and O–H groups in total. The lowest BCUT2D eigenvalue weighted by molar-refractivity contribution is -0.144. The molecule has 2 aromatic rings. The van der Waals surface area contributed by atoms with E-state index in [-0.39, 0.29) is 6.61 Å². The average molecular weight is 483 g/mol. The van der Waals surface area contributed by atoms with E-state index in [4.69, 9.17) is 4.74 Å². The second-order valence-corrected chi connectivity index (χ2v) is 12.8. The number of thioether (sulfide) groups is 1. The third-order valence-corrected chi connectivity index (χ3v) is 9.92. The summed E-state index contributed by atoms with van der Waals surface area (Å²) in [6.07, 6.45) is 6.80. The van der Waals surface area contributed by atoms with Crippen molar-refractivity contribution in [3.05, 3.63) is 42.5 Å².